The quantitative estimate of drug-likeness (QED) is 0.726. The Labute approximate surface area is 90.5 Å². The molecule has 80 valence electrons. The van der Waals surface area contributed by atoms with Crippen LogP contribution in [0.4, 0.5) is 11.4 Å². The minimum atomic E-state index is 0.662. The molecular formula is C12H17N3. The number of fused-ring (bicyclic) bond motifs is 1. The fourth-order valence-corrected chi connectivity index (χ4v) is 2.55. The van der Waals surface area contributed by atoms with Gasteiger partial charge in [0.25, 0.3) is 0 Å². The Balaban J connectivity index is 1.83. The second-order valence-electron chi connectivity index (χ2n) is 4.32. The summed E-state index contributed by atoms with van der Waals surface area (Å²) in [4.78, 5) is 2.49. The van der Waals surface area contributed by atoms with Gasteiger partial charge in [-0.25, -0.2) is 0 Å². The third-order valence-corrected chi connectivity index (χ3v) is 3.36. The first-order valence-corrected chi connectivity index (χ1v) is 5.75. The van der Waals surface area contributed by atoms with Gasteiger partial charge in [0, 0.05) is 12.6 Å². The molecule has 0 bridgehead atoms. The molecule has 2 heterocycles. The van der Waals surface area contributed by atoms with Crippen molar-refractivity contribution in [1.82, 2.24) is 5.32 Å². The lowest BCUT2D eigenvalue weighted by molar-refractivity contribution is 0.439. The fraction of sp³-hybridized carbons (Fsp3) is 0.500. The molecule has 1 saturated heterocycles. The zero-order valence-electron chi connectivity index (χ0n) is 8.87. The Morgan fingerprint density at radius 1 is 1.27 bits per heavy atom. The smallest absolute Gasteiger partial charge is 0.0881 e. The van der Waals surface area contributed by atoms with Crippen LogP contribution in [-0.2, 0) is 0 Å². The average Bonchev–Trinajstić information content (AvgIpc) is 2.74. The minimum absolute atomic E-state index is 0.662. The first-order valence-electron chi connectivity index (χ1n) is 5.75. The second-order valence-corrected chi connectivity index (χ2v) is 4.32. The van der Waals surface area contributed by atoms with Crippen molar-refractivity contribution in [3.8, 4) is 0 Å². The lowest BCUT2D eigenvalue weighted by atomic mass is 10.1. The lowest BCUT2D eigenvalue weighted by Crippen LogP contribution is -2.45. The number of nitrogens with zero attached hydrogens (tertiary/aromatic N) is 1. The summed E-state index contributed by atoms with van der Waals surface area (Å²) >= 11 is 0. The summed E-state index contributed by atoms with van der Waals surface area (Å²) in [6.07, 6.45) is 2.60. The number of para-hydroxylation sites is 2. The van der Waals surface area contributed by atoms with Crippen molar-refractivity contribution in [3.63, 3.8) is 0 Å². The molecule has 3 heteroatoms. The van der Waals surface area contributed by atoms with Gasteiger partial charge in [0.05, 0.1) is 18.0 Å². The molecule has 1 aromatic carbocycles. The zero-order valence-corrected chi connectivity index (χ0v) is 8.87. The Morgan fingerprint density at radius 2 is 2.20 bits per heavy atom. The highest BCUT2D eigenvalue weighted by Gasteiger charge is 2.26. The van der Waals surface area contributed by atoms with Gasteiger partial charge in [-0.1, -0.05) is 12.1 Å². The summed E-state index contributed by atoms with van der Waals surface area (Å²) in [6.45, 7) is 3.27. The van der Waals surface area contributed by atoms with Crippen LogP contribution < -0.4 is 15.5 Å². The summed E-state index contributed by atoms with van der Waals surface area (Å²) in [5.74, 6) is 0. The molecule has 1 fully saturated rings. The highest BCUT2D eigenvalue weighted by Crippen LogP contribution is 2.33. The van der Waals surface area contributed by atoms with Crippen LogP contribution in [0.25, 0.3) is 0 Å². The molecule has 2 aliphatic rings. The lowest BCUT2D eigenvalue weighted by Gasteiger charge is -2.32. The van der Waals surface area contributed by atoms with E-state index < -0.39 is 0 Å². The van der Waals surface area contributed by atoms with E-state index in [1.54, 1.807) is 0 Å². The molecule has 3 rings (SSSR count). The standard InChI is InChI=1S/C12H17N3/c1-2-6-12-11(5-1)14-9-15(12)10-4-3-7-13-8-10/h1-2,5-6,10,13-14H,3-4,7-9H2. The fourth-order valence-electron chi connectivity index (χ4n) is 2.55. The zero-order chi connectivity index (χ0) is 10.1. The van der Waals surface area contributed by atoms with Crippen LogP contribution in [-0.4, -0.2) is 25.8 Å². The van der Waals surface area contributed by atoms with Gasteiger partial charge < -0.3 is 15.5 Å². The van der Waals surface area contributed by atoms with E-state index in [9.17, 15) is 0 Å². The summed E-state index contributed by atoms with van der Waals surface area (Å²) in [5.41, 5.74) is 2.65. The van der Waals surface area contributed by atoms with E-state index in [0.29, 0.717) is 6.04 Å². The summed E-state index contributed by atoms with van der Waals surface area (Å²) < 4.78 is 0. The van der Waals surface area contributed by atoms with Gasteiger partial charge in [-0.2, -0.15) is 0 Å². The van der Waals surface area contributed by atoms with Crippen molar-refractivity contribution < 1.29 is 0 Å². The summed E-state index contributed by atoms with van der Waals surface area (Å²) in [6, 6.07) is 9.24. The van der Waals surface area contributed by atoms with Crippen molar-refractivity contribution in [2.45, 2.75) is 18.9 Å². The number of hydrogen-bond acceptors (Lipinski definition) is 3. The number of nitrogens with one attached hydrogen (secondary N) is 2. The van der Waals surface area contributed by atoms with Gasteiger partial charge in [0.15, 0.2) is 0 Å². The summed E-state index contributed by atoms with van der Waals surface area (Å²) in [7, 11) is 0. The molecule has 0 radical (unpaired) electrons. The molecule has 0 aromatic heterocycles. The van der Waals surface area contributed by atoms with Crippen molar-refractivity contribution in [2.24, 2.45) is 0 Å². The van der Waals surface area contributed by atoms with Crippen LogP contribution in [0.5, 0.6) is 0 Å². The van der Waals surface area contributed by atoms with Gasteiger partial charge in [-0.15, -0.1) is 0 Å². The minimum Gasteiger partial charge on any atom is -0.366 e. The molecule has 0 saturated carbocycles. The van der Waals surface area contributed by atoms with Crippen LogP contribution in [0.15, 0.2) is 24.3 Å². The highest BCUT2D eigenvalue weighted by molar-refractivity contribution is 5.74. The molecule has 0 spiro atoms. The van der Waals surface area contributed by atoms with Gasteiger partial charge in [-0.05, 0) is 31.5 Å². The maximum absolute atomic E-state index is 3.47. The van der Waals surface area contributed by atoms with Crippen LogP contribution in [0.3, 0.4) is 0 Å². The van der Waals surface area contributed by atoms with E-state index in [1.165, 1.54) is 30.8 Å². The van der Waals surface area contributed by atoms with Gasteiger partial charge >= 0.3 is 0 Å². The van der Waals surface area contributed by atoms with E-state index in [1.807, 2.05) is 0 Å². The molecule has 1 aromatic rings. The van der Waals surface area contributed by atoms with Crippen LogP contribution in [0, 0.1) is 0 Å². The predicted octanol–water partition coefficient (Wildman–Crippen LogP) is 1.63. The highest BCUT2D eigenvalue weighted by atomic mass is 15.3. The maximum Gasteiger partial charge on any atom is 0.0881 e. The first kappa shape index (κ1) is 9.04. The third kappa shape index (κ3) is 1.57. The normalized spacial score (nSPS) is 24.8. The van der Waals surface area contributed by atoms with E-state index in [0.717, 1.165) is 13.2 Å². The molecule has 15 heavy (non-hydrogen) atoms. The number of anilines is 2. The van der Waals surface area contributed by atoms with Gasteiger partial charge in [0.2, 0.25) is 0 Å². The van der Waals surface area contributed by atoms with Crippen LogP contribution in [0.2, 0.25) is 0 Å². The monoisotopic (exact) mass is 203 g/mol. The Kier molecular flexibility index (Phi) is 2.25. The maximum atomic E-state index is 3.47. The largest absolute Gasteiger partial charge is 0.366 e. The van der Waals surface area contributed by atoms with Crippen molar-refractivity contribution in [1.29, 1.82) is 0 Å². The van der Waals surface area contributed by atoms with Crippen LogP contribution >= 0.6 is 0 Å². The molecule has 1 atom stereocenters. The molecule has 0 amide bonds. The predicted molar refractivity (Wildman–Crippen MR) is 63.3 cm³/mol. The van der Waals surface area contributed by atoms with E-state index in [4.69, 9.17) is 0 Å². The first-order chi connectivity index (χ1) is 7.45. The molecule has 3 nitrogen and oxygen atoms in total. The van der Waals surface area contributed by atoms with E-state index >= 15 is 0 Å². The summed E-state index contributed by atoms with van der Waals surface area (Å²) in [5, 5.41) is 6.92. The SMILES string of the molecule is c1ccc2c(c1)NCN2C1CCCNC1. The number of piperidine rings is 1. The Hall–Kier alpha value is -1.22. The van der Waals surface area contributed by atoms with Crippen molar-refractivity contribution in [2.75, 3.05) is 30.0 Å². The Bertz CT molecular complexity index is 344. The number of hydrogen-bond donors (Lipinski definition) is 2. The number of benzene rings is 1. The van der Waals surface area contributed by atoms with Crippen LogP contribution in [0.1, 0.15) is 12.8 Å². The molecular weight excluding hydrogens is 186 g/mol. The van der Waals surface area contributed by atoms with Gasteiger partial charge in [-0.3, -0.25) is 0 Å². The third-order valence-electron chi connectivity index (χ3n) is 3.36. The topological polar surface area (TPSA) is 27.3 Å². The molecule has 0 aliphatic carbocycles. The average molecular weight is 203 g/mol. The molecule has 1 unspecified atom stereocenters. The van der Waals surface area contributed by atoms with Crippen molar-refractivity contribution in [3.05, 3.63) is 24.3 Å². The molecule has 2 N–H and O–H groups in total. The number of rotatable bonds is 1. The van der Waals surface area contributed by atoms with Crippen molar-refractivity contribution >= 4 is 11.4 Å². The second kappa shape index (κ2) is 3.74. The van der Waals surface area contributed by atoms with E-state index in [2.05, 4.69) is 39.8 Å². The van der Waals surface area contributed by atoms with Gasteiger partial charge in [0.1, 0.15) is 0 Å². The Morgan fingerprint density at radius 3 is 3.07 bits per heavy atom. The molecule has 2 aliphatic heterocycles. The van der Waals surface area contributed by atoms with E-state index in [-0.39, 0.29) is 0 Å².